The zero-order valence-corrected chi connectivity index (χ0v) is 10.9. The van der Waals surface area contributed by atoms with Crippen LogP contribution in [0.3, 0.4) is 0 Å². The fourth-order valence-corrected chi connectivity index (χ4v) is 2.13. The zero-order chi connectivity index (χ0) is 14.9. The molecule has 0 radical (unpaired) electrons. The number of carbonyl (C=O) groups excluding carboxylic acids is 1. The van der Waals surface area contributed by atoms with Gasteiger partial charge in [0.2, 0.25) is 0 Å². The molecule has 1 aromatic rings. The monoisotopic (exact) mass is 287 g/mol. The number of carboxylic acid groups (broad SMARTS) is 1. The van der Waals surface area contributed by atoms with Crippen LogP contribution in [0.2, 0.25) is 0 Å². The van der Waals surface area contributed by atoms with E-state index in [0.717, 1.165) is 4.90 Å². The van der Waals surface area contributed by atoms with Crippen LogP contribution in [0, 0.1) is 6.92 Å². The number of nitrogens with zero attached hydrogens (tertiary/aromatic N) is 1. The molecule has 1 aromatic heterocycles. The van der Waals surface area contributed by atoms with Gasteiger partial charge in [-0.1, -0.05) is 0 Å². The van der Waals surface area contributed by atoms with Crippen LogP contribution >= 0.6 is 0 Å². The Morgan fingerprint density at radius 2 is 2.15 bits per heavy atom. The molecule has 1 fully saturated rings. The number of aliphatic carboxylic acids is 1. The van der Waals surface area contributed by atoms with Crippen molar-refractivity contribution in [3.8, 4) is 0 Å². The summed E-state index contributed by atoms with van der Waals surface area (Å²) in [4.78, 5) is 24.2. The highest BCUT2D eigenvalue weighted by molar-refractivity contribution is 5.97. The Morgan fingerprint density at radius 3 is 2.65 bits per heavy atom. The first kappa shape index (κ1) is 14.5. The highest BCUT2D eigenvalue weighted by atomic mass is 19.3. The fraction of sp³-hybridized carbons (Fsp3) is 0.538. The molecule has 5 nitrogen and oxygen atoms in total. The lowest BCUT2D eigenvalue weighted by molar-refractivity contribution is -0.136. The fourth-order valence-electron chi connectivity index (χ4n) is 2.13. The van der Waals surface area contributed by atoms with Gasteiger partial charge in [-0.05, 0) is 19.8 Å². The topological polar surface area (TPSA) is 70.7 Å². The second-order valence-electron chi connectivity index (χ2n) is 4.87. The molecule has 1 aliphatic rings. The van der Waals surface area contributed by atoms with Crippen LogP contribution in [0.5, 0.6) is 0 Å². The molecule has 7 heteroatoms. The molecule has 0 unspecified atom stereocenters. The Hall–Kier alpha value is -1.92. The number of halogens is 2. The maximum atomic E-state index is 12.6. The number of furan rings is 1. The van der Waals surface area contributed by atoms with E-state index in [0.29, 0.717) is 18.4 Å². The van der Waals surface area contributed by atoms with Crippen LogP contribution in [-0.2, 0) is 11.2 Å². The lowest BCUT2D eigenvalue weighted by atomic mass is 10.1. The van der Waals surface area contributed by atoms with Crippen molar-refractivity contribution in [1.82, 2.24) is 4.90 Å². The molecular formula is C13H15F2NO4. The zero-order valence-electron chi connectivity index (χ0n) is 10.9. The highest BCUT2D eigenvalue weighted by Crippen LogP contribution is 2.30. The number of hydrogen-bond acceptors (Lipinski definition) is 3. The standard InChI is InChI=1S/C13H15F2NO4/c1-7-6-20-9(4-11(17)18)12(7)13(19)16(5-10(14)15)8-2-3-8/h6,8,10H,2-5H2,1H3,(H,17,18). The van der Waals surface area contributed by atoms with Crippen LogP contribution < -0.4 is 0 Å². The molecule has 110 valence electrons. The Labute approximate surface area is 114 Å². The van der Waals surface area contributed by atoms with Gasteiger partial charge in [0.1, 0.15) is 12.2 Å². The minimum absolute atomic E-state index is 0.0138. The van der Waals surface area contributed by atoms with Crippen LogP contribution in [0.25, 0.3) is 0 Å². The van der Waals surface area contributed by atoms with Crippen molar-refractivity contribution in [2.24, 2.45) is 0 Å². The van der Waals surface area contributed by atoms with E-state index >= 15 is 0 Å². The summed E-state index contributed by atoms with van der Waals surface area (Å²) >= 11 is 0. The largest absolute Gasteiger partial charge is 0.481 e. The molecule has 20 heavy (non-hydrogen) atoms. The van der Waals surface area contributed by atoms with Crippen molar-refractivity contribution in [3.63, 3.8) is 0 Å². The first-order valence-electron chi connectivity index (χ1n) is 6.28. The summed E-state index contributed by atoms with van der Waals surface area (Å²) in [6, 6.07) is -0.177. The highest BCUT2D eigenvalue weighted by Gasteiger charge is 2.36. The lowest BCUT2D eigenvalue weighted by Gasteiger charge is -2.22. The third kappa shape index (κ3) is 3.15. The van der Waals surface area contributed by atoms with Crippen molar-refractivity contribution < 1.29 is 27.9 Å². The lowest BCUT2D eigenvalue weighted by Crippen LogP contribution is -2.37. The number of carboxylic acids is 1. The van der Waals surface area contributed by atoms with Crippen molar-refractivity contribution >= 4 is 11.9 Å². The van der Waals surface area contributed by atoms with Gasteiger partial charge in [0, 0.05) is 11.6 Å². The first-order chi connectivity index (χ1) is 9.40. The van der Waals surface area contributed by atoms with Gasteiger partial charge in [-0.2, -0.15) is 0 Å². The minimum atomic E-state index is -2.62. The minimum Gasteiger partial charge on any atom is -0.481 e. The van der Waals surface area contributed by atoms with E-state index < -0.39 is 31.3 Å². The van der Waals surface area contributed by atoms with Gasteiger partial charge in [0.05, 0.1) is 18.4 Å². The third-order valence-electron chi connectivity index (χ3n) is 3.16. The quantitative estimate of drug-likeness (QED) is 0.869. The molecule has 1 N–H and O–H groups in total. The van der Waals surface area contributed by atoms with Crippen molar-refractivity contribution in [2.45, 2.75) is 38.7 Å². The van der Waals surface area contributed by atoms with Gasteiger partial charge in [-0.3, -0.25) is 9.59 Å². The first-order valence-corrected chi connectivity index (χ1v) is 6.28. The Morgan fingerprint density at radius 1 is 1.50 bits per heavy atom. The molecule has 1 saturated carbocycles. The predicted molar refractivity (Wildman–Crippen MR) is 64.8 cm³/mol. The molecule has 0 spiro atoms. The molecule has 1 heterocycles. The smallest absolute Gasteiger partial charge is 0.311 e. The SMILES string of the molecule is Cc1coc(CC(=O)O)c1C(=O)N(CC(F)F)C1CC1. The van der Waals surface area contributed by atoms with E-state index in [1.165, 1.54) is 6.26 Å². The second kappa shape index (κ2) is 5.60. The molecule has 0 atom stereocenters. The van der Waals surface area contributed by atoms with Gasteiger partial charge < -0.3 is 14.4 Å². The molecule has 1 aliphatic carbocycles. The normalized spacial score (nSPS) is 14.6. The van der Waals surface area contributed by atoms with E-state index in [9.17, 15) is 18.4 Å². The van der Waals surface area contributed by atoms with Crippen LogP contribution in [0.15, 0.2) is 10.7 Å². The van der Waals surface area contributed by atoms with Gasteiger partial charge in [-0.25, -0.2) is 8.78 Å². The summed E-state index contributed by atoms with van der Waals surface area (Å²) in [6.07, 6.45) is -0.386. The maximum absolute atomic E-state index is 12.6. The average molecular weight is 287 g/mol. The van der Waals surface area contributed by atoms with Crippen LogP contribution in [0.4, 0.5) is 8.78 Å². The van der Waals surface area contributed by atoms with Gasteiger partial charge in [0.25, 0.3) is 12.3 Å². The van der Waals surface area contributed by atoms with Gasteiger partial charge >= 0.3 is 5.97 Å². The number of alkyl halides is 2. The van der Waals surface area contributed by atoms with Gasteiger partial charge in [0.15, 0.2) is 0 Å². The number of aryl methyl sites for hydroxylation is 1. The third-order valence-corrected chi connectivity index (χ3v) is 3.16. The molecule has 2 rings (SSSR count). The van der Waals surface area contributed by atoms with E-state index in [1.807, 2.05) is 0 Å². The Bertz CT molecular complexity index is 522. The van der Waals surface area contributed by atoms with Gasteiger partial charge in [-0.15, -0.1) is 0 Å². The molecule has 1 amide bonds. The average Bonchev–Trinajstić information content (AvgIpc) is 3.11. The van der Waals surface area contributed by atoms with Crippen LogP contribution in [-0.4, -0.2) is 40.9 Å². The number of amides is 1. The van der Waals surface area contributed by atoms with E-state index in [4.69, 9.17) is 9.52 Å². The predicted octanol–water partition coefficient (Wildman–Crippen LogP) is 2.08. The Kier molecular flexibility index (Phi) is 4.06. The van der Waals surface area contributed by atoms with E-state index in [-0.39, 0.29) is 17.4 Å². The number of carbonyl (C=O) groups is 2. The molecule has 0 saturated heterocycles. The second-order valence-corrected chi connectivity index (χ2v) is 4.87. The maximum Gasteiger partial charge on any atom is 0.311 e. The van der Waals surface area contributed by atoms with Crippen LogP contribution in [0.1, 0.15) is 34.5 Å². The summed E-state index contributed by atoms with van der Waals surface area (Å²) in [6.45, 7) is 0.955. The molecule has 0 aliphatic heterocycles. The molecular weight excluding hydrogens is 272 g/mol. The summed E-state index contributed by atoms with van der Waals surface area (Å²) in [5.74, 6) is -1.70. The van der Waals surface area contributed by atoms with Crippen molar-refractivity contribution in [1.29, 1.82) is 0 Å². The summed E-state index contributed by atoms with van der Waals surface area (Å²) in [5, 5.41) is 8.78. The summed E-state index contributed by atoms with van der Waals surface area (Å²) < 4.78 is 30.2. The van der Waals surface area contributed by atoms with Crippen molar-refractivity contribution in [2.75, 3.05) is 6.54 Å². The van der Waals surface area contributed by atoms with E-state index in [1.54, 1.807) is 6.92 Å². The number of hydrogen-bond donors (Lipinski definition) is 1. The summed E-state index contributed by atoms with van der Waals surface area (Å²) in [5.41, 5.74) is 0.561. The molecule has 0 bridgehead atoms. The Balaban J connectivity index is 2.26. The molecule has 0 aromatic carbocycles. The van der Waals surface area contributed by atoms with E-state index in [2.05, 4.69) is 0 Å². The van der Waals surface area contributed by atoms with Crippen molar-refractivity contribution in [3.05, 3.63) is 23.2 Å². The summed E-state index contributed by atoms with van der Waals surface area (Å²) in [7, 11) is 0. The number of rotatable bonds is 6.